The van der Waals surface area contributed by atoms with Gasteiger partial charge in [0.25, 0.3) is 0 Å². The molecule has 1 N–H and O–H groups in total. The highest BCUT2D eigenvalue weighted by molar-refractivity contribution is 5.75. The van der Waals surface area contributed by atoms with E-state index in [1.165, 1.54) is 7.11 Å². The zero-order valence-electron chi connectivity index (χ0n) is 10.2. The molecule has 0 aromatic heterocycles. The van der Waals surface area contributed by atoms with Gasteiger partial charge in [-0.25, -0.2) is 0 Å². The lowest BCUT2D eigenvalue weighted by molar-refractivity contribution is -0.143. The third kappa shape index (κ3) is 7.33. The van der Waals surface area contributed by atoms with Gasteiger partial charge < -0.3 is 14.8 Å². The zero-order valence-corrected chi connectivity index (χ0v) is 10.2. The van der Waals surface area contributed by atoms with Crippen LogP contribution in [0.25, 0.3) is 0 Å². The highest BCUT2D eigenvalue weighted by atomic mass is 16.5. The lowest BCUT2D eigenvalue weighted by Gasteiger charge is -2.14. The van der Waals surface area contributed by atoms with E-state index < -0.39 is 0 Å². The van der Waals surface area contributed by atoms with Crippen molar-refractivity contribution in [1.29, 1.82) is 0 Å². The summed E-state index contributed by atoms with van der Waals surface area (Å²) in [6.45, 7) is 7.48. The summed E-state index contributed by atoms with van der Waals surface area (Å²) in [6.07, 6.45) is 1.93. The Morgan fingerprint density at radius 3 is 2.53 bits per heavy atom. The smallest absolute Gasteiger partial charge is 0.322 e. The van der Waals surface area contributed by atoms with E-state index in [2.05, 4.69) is 10.1 Å². The molecule has 0 fully saturated rings. The second-order valence-electron chi connectivity index (χ2n) is 3.71. The van der Waals surface area contributed by atoms with Crippen molar-refractivity contribution >= 4 is 5.97 Å². The molecule has 0 aliphatic rings. The van der Waals surface area contributed by atoms with Gasteiger partial charge in [-0.3, -0.25) is 4.79 Å². The average Bonchev–Trinajstić information content (AvgIpc) is 2.22. The van der Waals surface area contributed by atoms with Crippen LogP contribution in [0.4, 0.5) is 0 Å². The van der Waals surface area contributed by atoms with Crippen molar-refractivity contribution in [2.75, 3.05) is 20.3 Å². The van der Waals surface area contributed by atoms with Crippen LogP contribution in [0, 0.1) is 0 Å². The highest BCUT2D eigenvalue weighted by Gasteiger charge is 2.14. The number of carbonyl (C=O) groups is 1. The third-order valence-corrected chi connectivity index (χ3v) is 2.06. The van der Waals surface area contributed by atoms with Crippen LogP contribution in [-0.4, -0.2) is 38.4 Å². The predicted molar refractivity (Wildman–Crippen MR) is 59.8 cm³/mol. The van der Waals surface area contributed by atoms with Gasteiger partial charge in [0, 0.05) is 6.61 Å². The van der Waals surface area contributed by atoms with E-state index in [4.69, 9.17) is 4.74 Å². The SMILES string of the molecule is CCC(NCCCOC(C)C)C(=O)OC. The molecule has 4 nitrogen and oxygen atoms in total. The summed E-state index contributed by atoms with van der Waals surface area (Å²) in [5, 5.41) is 3.14. The molecular weight excluding hydrogens is 194 g/mol. The fraction of sp³-hybridized carbons (Fsp3) is 0.909. The first-order valence-electron chi connectivity index (χ1n) is 5.54. The molecule has 15 heavy (non-hydrogen) atoms. The van der Waals surface area contributed by atoms with Crippen LogP contribution in [0.5, 0.6) is 0 Å². The Bertz CT molecular complexity index is 171. The van der Waals surface area contributed by atoms with Crippen molar-refractivity contribution in [3.8, 4) is 0 Å². The molecule has 0 radical (unpaired) electrons. The summed E-state index contributed by atoms with van der Waals surface area (Å²) < 4.78 is 10.1. The van der Waals surface area contributed by atoms with Crippen molar-refractivity contribution in [3.63, 3.8) is 0 Å². The van der Waals surface area contributed by atoms with Crippen LogP contribution in [0.2, 0.25) is 0 Å². The van der Waals surface area contributed by atoms with E-state index in [-0.39, 0.29) is 18.1 Å². The molecule has 0 aromatic rings. The molecule has 0 saturated heterocycles. The molecule has 4 heteroatoms. The maximum Gasteiger partial charge on any atom is 0.322 e. The monoisotopic (exact) mass is 217 g/mol. The molecule has 0 amide bonds. The first kappa shape index (κ1) is 14.4. The molecule has 0 saturated carbocycles. The predicted octanol–water partition coefficient (Wildman–Crippen LogP) is 1.34. The summed E-state index contributed by atoms with van der Waals surface area (Å²) in [5.74, 6) is -0.192. The summed E-state index contributed by atoms with van der Waals surface area (Å²) in [4.78, 5) is 11.2. The molecule has 0 aromatic carbocycles. The Balaban J connectivity index is 3.51. The van der Waals surface area contributed by atoms with Crippen LogP contribution < -0.4 is 5.32 Å². The second-order valence-corrected chi connectivity index (χ2v) is 3.71. The van der Waals surface area contributed by atoms with Crippen LogP contribution in [0.1, 0.15) is 33.6 Å². The third-order valence-electron chi connectivity index (χ3n) is 2.06. The van der Waals surface area contributed by atoms with Gasteiger partial charge in [-0.1, -0.05) is 6.92 Å². The van der Waals surface area contributed by atoms with E-state index in [1.54, 1.807) is 0 Å². The van der Waals surface area contributed by atoms with Gasteiger partial charge >= 0.3 is 5.97 Å². The molecule has 0 rings (SSSR count). The van der Waals surface area contributed by atoms with Gasteiger partial charge in [0.05, 0.1) is 13.2 Å². The lowest BCUT2D eigenvalue weighted by Crippen LogP contribution is -2.37. The van der Waals surface area contributed by atoms with Crippen LogP contribution in [0.15, 0.2) is 0 Å². The molecule has 0 heterocycles. The Morgan fingerprint density at radius 2 is 2.07 bits per heavy atom. The fourth-order valence-corrected chi connectivity index (χ4v) is 1.20. The summed E-state index contributed by atoms with van der Waals surface area (Å²) in [6, 6.07) is -0.186. The van der Waals surface area contributed by atoms with E-state index in [1.807, 2.05) is 20.8 Å². The molecule has 0 aliphatic carbocycles. The van der Waals surface area contributed by atoms with Crippen LogP contribution >= 0.6 is 0 Å². The van der Waals surface area contributed by atoms with Gasteiger partial charge in [-0.2, -0.15) is 0 Å². The topological polar surface area (TPSA) is 47.6 Å². The lowest BCUT2D eigenvalue weighted by atomic mass is 10.2. The molecule has 0 bridgehead atoms. The van der Waals surface area contributed by atoms with E-state index in [9.17, 15) is 4.79 Å². The summed E-state index contributed by atoms with van der Waals surface area (Å²) >= 11 is 0. The largest absolute Gasteiger partial charge is 0.468 e. The van der Waals surface area contributed by atoms with Gasteiger partial charge in [-0.05, 0) is 33.2 Å². The van der Waals surface area contributed by atoms with E-state index in [0.717, 1.165) is 26.0 Å². The van der Waals surface area contributed by atoms with Crippen molar-refractivity contribution in [2.45, 2.75) is 45.8 Å². The van der Waals surface area contributed by atoms with Gasteiger partial charge in [0.15, 0.2) is 0 Å². The van der Waals surface area contributed by atoms with Crippen molar-refractivity contribution in [1.82, 2.24) is 5.32 Å². The number of methoxy groups -OCH3 is 1. The molecule has 1 atom stereocenters. The minimum Gasteiger partial charge on any atom is -0.468 e. The Morgan fingerprint density at radius 1 is 1.40 bits per heavy atom. The molecule has 0 spiro atoms. The molecule has 1 unspecified atom stereocenters. The number of rotatable bonds is 8. The maximum atomic E-state index is 11.2. The highest BCUT2D eigenvalue weighted by Crippen LogP contribution is 1.95. The maximum absolute atomic E-state index is 11.2. The number of nitrogens with one attached hydrogen (secondary N) is 1. The quantitative estimate of drug-likeness (QED) is 0.492. The number of ether oxygens (including phenoxy) is 2. The Kier molecular flexibility index (Phi) is 8.33. The molecular formula is C11H23NO3. The second kappa shape index (κ2) is 8.68. The standard InChI is InChI=1S/C11H23NO3/c1-5-10(11(13)14-4)12-7-6-8-15-9(2)3/h9-10,12H,5-8H2,1-4H3. The van der Waals surface area contributed by atoms with E-state index in [0.29, 0.717) is 0 Å². The zero-order chi connectivity index (χ0) is 11.7. The Hall–Kier alpha value is -0.610. The van der Waals surface area contributed by atoms with Crippen LogP contribution in [0.3, 0.4) is 0 Å². The minimum atomic E-state index is -0.192. The van der Waals surface area contributed by atoms with Gasteiger partial charge in [-0.15, -0.1) is 0 Å². The van der Waals surface area contributed by atoms with Crippen molar-refractivity contribution < 1.29 is 14.3 Å². The van der Waals surface area contributed by atoms with Gasteiger partial charge in [0.2, 0.25) is 0 Å². The minimum absolute atomic E-state index is 0.186. The normalized spacial score (nSPS) is 12.9. The van der Waals surface area contributed by atoms with Crippen molar-refractivity contribution in [2.24, 2.45) is 0 Å². The number of hydrogen-bond donors (Lipinski definition) is 1. The number of hydrogen-bond acceptors (Lipinski definition) is 4. The number of carbonyl (C=O) groups excluding carboxylic acids is 1. The summed E-state index contributed by atoms with van der Waals surface area (Å²) in [5.41, 5.74) is 0. The molecule has 0 aliphatic heterocycles. The average molecular weight is 217 g/mol. The van der Waals surface area contributed by atoms with Crippen molar-refractivity contribution in [3.05, 3.63) is 0 Å². The van der Waals surface area contributed by atoms with Crippen LogP contribution in [-0.2, 0) is 14.3 Å². The van der Waals surface area contributed by atoms with Gasteiger partial charge in [0.1, 0.15) is 6.04 Å². The summed E-state index contributed by atoms with van der Waals surface area (Å²) in [7, 11) is 1.41. The fourth-order valence-electron chi connectivity index (χ4n) is 1.20. The Labute approximate surface area is 92.3 Å². The first-order chi connectivity index (χ1) is 7.11. The van der Waals surface area contributed by atoms with E-state index >= 15 is 0 Å². The molecule has 90 valence electrons. The number of esters is 1. The first-order valence-corrected chi connectivity index (χ1v) is 5.54.